The Balaban J connectivity index is 1.73. The molecule has 2 aromatic carbocycles. The molecule has 2 aliphatic rings. The van der Waals surface area contributed by atoms with Gasteiger partial charge < -0.3 is 9.47 Å². The molecule has 0 spiro atoms. The van der Waals surface area contributed by atoms with E-state index in [9.17, 15) is 8.42 Å². The molecule has 2 aliphatic heterocycles. The SMILES string of the molecule is Cc1cccc([C@H]2CC(c3ccc4c(c3)OCO4)=NN2S(C)(=O)=O)c1. The van der Waals surface area contributed by atoms with E-state index in [4.69, 9.17) is 9.47 Å². The highest BCUT2D eigenvalue weighted by Gasteiger charge is 2.34. The lowest BCUT2D eigenvalue weighted by molar-refractivity contribution is 0.174. The summed E-state index contributed by atoms with van der Waals surface area (Å²) in [5, 5.41) is 4.41. The number of nitrogens with zero attached hydrogens (tertiary/aromatic N) is 2. The molecule has 25 heavy (non-hydrogen) atoms. The van der Waals surface area contributed by atoms with Crippen LogP contribution < -0.4 is 9.47 Å². The van der Waals surface area contributed by atoms with Crippen molar-refractivity contribution in [1.29, 1.82) is 0 Å². The molecule has 0 saturated carbocycles. The van der Waals surface area contributed by atoms with E-state index in [0.717, 1.165) is 22.4 Å². The number of ether oxygens (including phenoxy) is 2. The quantitative estimate of drug-likeness (QED) is 0.846. The third kappa shape index (κ3) is 2.95. The highest BCUT2D eigenvalue weighted by molar-refractivity contribution is 7.88. The van der Waals surface area contributed by atoms with E-state index in [2.05, 4.69) is 5.10 Å². The molecule has 0 N–H and O–H groups in total. The van der Waals surface area contributed by atoms with Crippen molar-refractivity contribution in [3.05, 3.63) is 59.2 Å². The first kappa shape index (κ1) is 16.0. The maximum Gasteiger partial charge on any atom is 0.247 e. The zero-order chi connectivity index (χ0) is 17.6. The Labute approximate surface area is 146 Å². The number of benzene rings is 2. The van der Waals surface area contributed by atoms with Gasteiger partial charge in [0.15, 0.2) is 11.5 Å². The van der Waals surface area contributed by atoms with Gasteiger partial charge in [0.05, 0.1) is 18.0 Å². The zero-order valence-corrected chi connectivity index (χ0v) is 14.8. The van der Waals surface area contributed by atoms with E-state index in [1.165, 1.54) is 10.7 Å². The molecule has 7 heteroatoms. The Bertz CT molecular complexity index is 969. The van der Waals surface area contributed by atoms with Crippen molar-refractivity contribution in [3.8, 4) is 11.5 Å². The van der Waals surface area contributed by atoms with Gasteiger partial charge in [0, 0.05) is 12.0 Å². The summed E-state index contributed by atoms with van der Waals surface area (Å²) in [5.41, 5.74) is 3.58. The van der Waals surface area contributed by atoms with Crippen molar-refractivity contribution in [3.63, 3.8) is 0 Å². The Morgan fingerprint density at radius 3 is 2.68 bits per heavy atom. The van der Waals surface area contributed by atoms with Crippen LogP contribution in [0.15, 0.2) is 47.6 Å². The molecule has 0 aliphatic carbocycles. The van der Waals surface area contributed by atoms with Gasteiger partial charge in [0.25, 0.3) is 0 Å². The molecule has 1 atom stereocenters. The predicted molar refractivity (Wildman–Crippen MR) is 94.3 cm³/mol. The monoisotopic (exact) mass is 358 g/mol. The predicted octanol–water partition coefficient (Wildman–Crippen LogP) is 2.83. The summed E-state index contributed by atoms with van der Waals surface area (Å²) in [7, 11) is -3.48. The summed E-state index contributed by atoms with van der Waals surface area (Å²) < 4.78 is 36.4. The summed E-state index contributed by atoms with van der Waals surface area (Å²) in [4.78, 5) is 0. The molecule has 0 bridgehead atoms. The Hall–Kier alpha value is -2.54. The van der Waals surface area contributed by atoms with Crippen molar-refractivity contribution in [2.75, 3.05) is 13.0 Å². The fourth-order valence-corrected chi connectivity index (χ4v) is 4.08. The smallest absolute Gasteiger partial charge is 0.247 e. The van der Waals surface area contributed by atoms with Crippen molar-refractivity contribution in [1.82, 2.24) is 4.41 Å². The average molecular weight is 358 g/mol. The van der Waals surface area contributed by atoms with Crippen LogP contribution in [0.25, 0.3) is 0 Å². The summed E-state index contributed by atoms with van der Waals surface area (Å²) in [5.74, 6) is 1.35. The molecule has 2 aromatic rings. The van der Waals surface area contributed by atoms with Gasteiger partial charge in [0.1, 0.15) is 0 Å². The fraction of sp³-hybridized carbons (Fsp3) is 0.278. The molecule has 2 heterocycles. The van der Waals surface area contributed by atoms with E-state index in [1.807, 2.05) is 49.4 Å². The van der Waals surface area contributed by atoms with Crippen LogP contribution in [0.5, 0.6) is 11.5 Å². The van der Waals surface area contributed by atoms with Crippen LogP contribution in [0.1, 0.15) is 29.2 Å². The molecule has 0 unspecified atom stereocenters. The van der Waals surface area contributed by atoms with E-state index in [1.54, 1.807) is 0 Å². The normalized spacial score (nSPS) is 19.2. The molecule has 0 radical (unpaired) electrons. The van der Waals surface area contributed by atoms with Gasteiger partial charge in [-0.3, -0.25) is 0 Å². The van der Waals surface area contributed by atoms with Gasteiger partial charge in [-0.05, 0) is 30.7 Å². The number of hydrazone groups is 1. The van der Waals surface area contributed by atoms with E-state index >= 15 is 0 Å². The average Bonchev–Trinajstić information content (AvgIpc) is 3.20. The van der Waals surface area contributed by atoms with Crippen molar-refractivity contribution in [2.24, 2.45) is 5.10 Å². The van der Waals surface area contributed by atoms with Crippen LogP contribution in [0, 0.1) is 6.92 Å². The molecule has 0 aromatic heterocycles. The number of sulfonamides is 1. The maximum atomic E-state index is 12.2. The van der Waals surface area contributed by atoms with E-state index in [-0.39, 0.29) is 12.8 Å². The Morgan fingerprint density at radius 1 is 1.12 bits per heavy atom. The zero-order valence-electron chi connectivity index (χ0n) is 14.0. The second kappa shape index (κ2) is 5.77. The number of fused-ring (bicyclic) bond motifs is 1. The number of rotatable bonds is 3. The van der Waals surface area contributed by atoms with Gasteiger partial charge in [-0.15, -0.1) is 0 Å². The minimum Gasteiger partial charge on any atom is -0.454 e. The highest BCUT2D eigenvalue weighted by atomic mass is 32.2. The first-order chi connectivity index (χ1) is 11.9. The number of hydrogen-bond acceptors (Lipinski definition) is 5. The van der Waals surface area contributed by atoms with Gasteiger partial charge in [-0.1, -0.05) is 29.8 Å². The van der Waals surface area contributed by atoms with E-state index < -0.39 is 10.0 Å². The van der Waals surface area contributed by atoms with E-state index in [0.29, 0.717) is 17.9 Å². The van der Waals surface area contributed by atoms with Gasteiger partial charge in [0.2, 0.25) is 16.8 Å². The standard InChI is InChI=1S/C18H18N2O4S/c1-12-4-3-5-14(8-12)16-10-15(19-20(16)25(2,21)22)13-6-7-17-18(9-13)24-11-23-17/h3-9,16H,10-11H2,1-2H3/t16-/m1/s1. The van der Waals surface area contributed by atoms with Crippen molar-refractivity contribution < 1.29 is 17.9 Å². The largest absolute Gasteiger partial charge is 0.454 e. The number of hydrogen-bond donors (Lipinski definition) is 0. The molecule has 0 fully saturated rings. The lowest BCUT2D eigenvalue weighted by Crippen LogP contribution is -2.25. The second-order valence-corrected chi connectivity index (χ2v) is 8.12. The van der Waals surface area contributed by atoms with Crippen molar-refractivity contribution >= 4 is 15.7 Å². The minimum atomic E-state index is -3.48. The van der Waals surface area contributed by atoms with Crippen molar-refractivity contribution in [2.45, 2.75) is 19.4 Å². The minimum absolute atomic E-state index is 0.201. The number of aryl methyl sites for hydroxylation is 1. The van der Waals surface area contributed by atoms with Crippen LogP contribution >= 0.6 is 0 Å². The first-order valence-electron chi connectivity index (χ1n) is 7.95. The summed E-state index contributed by atoms with van der Waals surface area (Å²) in [6.07, 6.45) is 1.69. The maximum absolute atomic E-state index is 12.2. The van der Waals surface area contributed by atoms with Crippen LogP contribution in [0.2, 0.25) is 0 Å². The van der Waals surface area contributed by atoms with Gasteiger partial charge >= 0.3 is 0 Å². The van der Waals surface area contributed by atoms with Gasteiger partial charge in [-0.25, -0.2) is 8.42 Å². The second-order valence-electron chi connectivity index (χ2n) is 6.28. The summed E-state index contributed by atoms with van der Waals surface area (Å²) in [6, 6.07) is 13.1. The Morgan fingerprint density at radius 2 is 1.92 bits per heavy atom. The van der Waals surface area contributed by atoms with Gasteiger partial charge in [-0.2, -0.15) is 9.52 Å². The molecule has 0 amide bonds. The molecular weight excluding hydrogens is 340 g/mol. The van der Waals surface area contributed by atoms with Crippen LogP contribution in [0.4, 0.5) is 0 Å². The summed E-state index contributed by atoms with van der Waals surface area (Å²) in [6.45, 7) is 2.19. The Kier molecular flexibility index (Phi) is 3.68. The van der Waals surface area contributed by atoms with Crippen LogP contribution in [-0.4, -0.2) is 31.6 Å². The molecule has 6 nitrogen and oxygen atoms in total. The highest BCUT2D eigenvalue weighted by Crippen LogP contribution is 2.38. The first-order valence-corrected chi connectivity index (χ1v) is 9.80. The third-order valence-corrected chi connectivity index (χ3v) is 5.36. The molecule has 0 saturated heterocycles. The van der Waals surface area contributed by atoms with Crippen LogP contribution in [0.3, 0.4) is 0 Å². The fourth-order valence-electron chi connectivity index (χ4n) is 3.17. The summed E-state index contributed by atoms with van der Waals surface area (Å²) >= 11 is 0. The topological polar surface area (TPSA) is 68.2 Å². The molecule has 4 rings (SSSR count). The molecule has 130 valence electrons. The molecular formula is C18H18N2O4S. The lowest BCUT2D eigenvalue weighted by Gasteiger charge is -2.21. The third-order valence-electron chi connectivity index (χ3n) is 4.35. The van der Waals surface area contributed by atoms with Crippen LogP contribution in [-0.2, 0) is 10.0 Å². The lowest BCUT2D eigenvalue weighted by atomic mass is 9.98.